The number of benzene rings is 2. The van der Waals surface area contributed by atoms with Crippen LogP contribution in [-0.2, 0) is 9.59 Å². The molecule has 1 saturated carbocycles. The highest BCUT2D eigenvalue weighted by atomic mass is 16.5. The molecule has 0 radical (unpaired) electrons. The SMILES string of the molecule is CC(C)CNC(=O)C1(C(=O)Nc2ccc(Oc3ccccc3)cc2)CC1. The van der Waals surface area contributed by atoms with Crippen LogP contribution < -0.4 is 15.4 Å². The second-order valence-corrected chi connectivity index (χ2v) is 7.08. The number of carbonyl (C=O) groups excluding carboxylic acids is 2. The van der Waals surface area contributed by atoms with E-state index in [1.54, 1.807) is 24.3 Å². The summed E-state index contributed by atoms with van der Waals surface area (Å²) in [4.78, 5) is 24.9. The van der Waals surface area contributed by atoms with Crippen LogP contribution in [0.3, 0.4) is 0 Å². The summed E-state index contributed by atoms with van der Waals surface area (Å²) in [6, 6.07) is 16.6. The zero-order chi connectivity index (χ0) is 18.6. The van der Waals surface area contributed by atoms with E-state index in [1.165, 1.54) is 0 Å². The predicted molar refractivity (Wildman–Crippen MR) is 101 cm³/mol. The van der Waals surface area contributed by atoms with Crippen molar-refractivity contribution < 1.29 is 14.3 Å². The van der Waals surface area contributed by atoms with Crippen molar-refractivity contribution in [2.75, 3.05) is 11.9 Å². The Labute approximate surface area is 153 Å². The van der Waals surface area contributed by atoms with Crippen molar-refractivity contribution >= 4 is 17.5 Å². The van der Waals surface area contributed by atoms with E-state index in [0.29, 0.717) is 36.7 Å². The molecule has 5 heteroatoms. The minimum Gasteiger partial charge on any atom is -0.457 e. The molecule has 0 aliphatic heterocycles. The summed E-state index contributed by atoms with van der Waals surface area (Å²) in [6.07, 6.45) is 1.19. The monoisotopic (exact) mass is 352 g/mol. The number of nitrogens with one attached hydrogen (secondary N) is 2. The van der Waals surface area contributed by atoms with Gasteiger partial charge in [-0.1, -0.05) is 32.0 Å². The van der Waals surface area contributed by atoms with Crippen LogP contribution >= 0.6 is 0 Å². The maximum Gasteiger partial charge on any atom is 0.240 e. The summed E-state index contributed by atoms with van der Waals surface area (Å²) >= 11 is 0. The van der Waals surface area contributed by atoms with Gasteiger partial charge in [0.2, 0.25) is 11.8 Å². The molecule has 1 aliphatic carbocycles. The highest BCUT2D eigenvalue weighted by Crippen LogP contribution is 2.46. The molecule has 3 rings (SSSR count). The van der Waals surface area contributed by atoms with E-state index in [-0.39, 0.29) is 11.8 Å². The molecule has 26 heavy (non-hydrogen) atoms. The Kier molecular flexibility index (Phi) is 5.26. The quantitative estimate of drug-likeness (QED) is 0.741. The van der Waals surface area contributed by atoms with Crippen LogP contribution in [0.1, 0.15) is 26.7 Å². The van der Waals surface area contributed by atoms with E-state index in [9.17, 15) is 9.59 Å². The Hall–Kier alpha value is -2.82. The van der Waals surface area contributed by atoms with Crippen LogP contribution in [0.2, 0.25) is 0 Å². The molecular formula is C21H24N2O3. The summed E-state index contributed by atoms with van der Waals surface area (Å²) < 4.78 is 5.73. The molecule has 0 atom stereocenters. The van der Waals surface area contributed by atoms with Crippen molar-refractivity contribution in [2.24, 2.45) is 11.3 Å². The molecule has 0 spiro atoms. The number of amides is 2. The van der Waals surface area contributed by atoms with Crippen LogP contribution in [-0.4, -0.2) is 18.4 Å². The number of anilines is 1. The van der Waals surface area contributed by atoms with Crippen LogP contribution in [0.25, 0.3) is 0 Å². The number of para-hydroxylation sites is 1. The number of hydrogen-bond acceptors (Lipinski definition) is 3. The van der Waals surface area contributed by atoms with Crippen molar-refractivity contribution in [3.8, 4) is 11.5 Å². The fraction of sp³-hybridized carbons (Fsp3) is 0.333. The van der Waals surface area contributed by atoms with Gasteiger partial charge in [0.05, 0.1) is 0 Å². The van der Waals surface area contributed by atoms with E-state index in [2.05, 4.69) is 10.6 Å². The van der Waals surface area contributed by atoms with Crippen LogP contribution in [0.15, 0.2) is 54.6 Å². The van der Waals surface area contributed by atoms with Gasteiger partial charge in [0.15, 0.2) is 0 Å². The Balaban J connectivity index is 1.58. The number of carbonyl (C=O) groups is 2. The summed E-state index contributed by atoms with van der Waals surface area (Å²) in [6.45, 7) is 4.64. The summed E-state index contributed by atoms with van der Waals surface area (Å²) in [7, 11) is 0. The van der Waals surface area contributed by atoms with Gasteiger partial charge in [-0.2, -0.15) is 0 Å². The van der Waals surface area contributed by atoms with E-state index >= 15 is 0 Å². The van der Waals surface area contributed by atoms with Crippen molar-refractivity contribution in [1.29, 1.82) is 0 Å². The van der Waals surface area contributed by atoms with Crippen LogP contribution in [0.5, 0.6) is 11.5 Å². The number of hydrogen-bond donors (Lipinski definition) is 2. The van der Waals surface area contributed by atoms with Crippen molar-refractivity contribution in [3.05, 3.63) is 54.6 Å². The minimum atomic E-state index is -0.909. The van der Waals surface area contributed by atoms with E-state index in [1.807, 2.05) is 44.2 Å². The molecule has 2 amide bonds. The van der Waals surface area contributed by atoms with Crippen LogP contribution in [0.4, 0.5) is 5.69 Å². The summed E-state index contributed by atoms with van der Waals surface area (Å²) in [5, 5.41) is 5.72. The molecule has 1 aliphatic rings. The normalized spacial score (nSPS) is 14.6. The van der Waals surface area contributed by atoms with Gasteiger partial charge < -0.3 is 15.4 Å². The molecular weight excluding hydrogens is 328 g/mol. The second kappa shape index (κ2) is 7.60. The molecule has 0 aromatic heterocycles. The van der Waals surface area contributed by atoms with Gasteiger partial charge in [0.25, 0.3) is 0 Å². The van der Waals surface area contributed by atoms with Gasteiger partial charge in [-0.05, 0) is 55.2 Å². The average molecular weight is 352 g/mol. The van der Waals surface area contributed by atoms with Gasteiger partial charge >= 0.3 is 0 Å². The van der Waals surface area contributed by atoms with E-state index in [0.717, 1.165) is 5.75 Å². The Morgan fingerprint density at radius 1 is 0.962 bits per heavy atom. The fourth-order valence-electron chi connectivity index (χ4n) is 2.63. The minimum absolute atomic E-state index is 0.173. The predicted octanol–water partition coefficient (Wildman–Crippen LogP) is 3.97. The molecule has 5 nitrogen and oxygen atoms in total. The van der Waals surface area contributed by atoms with Gasteiger partial charge in [-0.25, -0.2) is 0 Å². The smallest absolute Gasteiger partial charge is 0.240 e. The molecule has 0 heterocycles. The Morgan fingerprint density at radius 3 is 2.15 bits per heavy atom. The zero-order valence-electron chi connectivity index (χ0n) is 15.1. The van der Waals surface area contributed by atoms with E-state index < -0.39 is 5.41 Å². The maximum absolute atomic E-state index is 12.6. The largest absolute Gasteiger partial charge is 0.457 e. The molecule has 136 valence electrons. The lowest BCUT2D eigenvalue weighted by Gasteiger charge is -2.16. The average Bonchev–Trinajstić information content (AvgIpc) is 3.44. The molecule has 2 N–H and O–H groups in total. The van der Waals surface area contributed by atoms with Crippen LogP contribution in [0, 0.1) is 11.3 Å². The standard InChI is InChI=1S/C21H24N2O3/c1-15(2)14-22-19(24)21(12-13-21)20(25)23-16-8-10-18(11-9-16)26-17-6-4-3-5-7-17/h3-11,15H,12-14H2,1-2H3,(H,22,24)(H,23,25). The summed E-state index contributed by atoms with van der Waals surface area (Å²) in [5.74, 6) is 1.38. The van der Waals surface area contributed by atoms with Gasteiger partial charge in [-0.3, -0.25) is 9.59 Å². The lowest BCUT2D eigenvalue weighted by molar-refractivity contribution is -0.134. The maximum atomic E-state index is 12.6. The highest BCUT2D eigenvalue weighted by Gasteiger charge is 2.56. The summed E-state index contributed by atoms with van der Waals surface area (Å²) in [5.41, 5.74) is -0.257. The zero-order valence-corrected chi connectivity index (χ0v) is 15.1. The molecule has 0 bridgehead atoms. The van der Waals surface area contributed by atoms with Crippen molar-refractivity contribution in [1.82, 2.24) is 5.32 Å². The van der Waals surface area contributed by atoms with Gasteiger partial charge in [-0.15, -0.1) is 0 Å². The van der Waals surface area contributed by atoms with E-state index in [4.69, 9.17) is 4.74 Å². The van der Waals surface area contributed by atoms with Gasteiger partial charge in [0.1, 0.15) is 16.9 Å². The second-order valence-electron chi connectivity index (χ2n) is 7.08. The first kappa shape index (κ1) is 18.0. The fourth-order valence-corrected chi connectivity index (χ4v) is 2.63. The third-order valence-corrected chi connectivity index (χ3v) is 4.38. The third-order valence-electron chi connectivity index (χ3n) is 4.38. The molecule has 2 aromatic rings. The van der Waals surface area contributed by atoms with Crippen molar-refractivity contribution in [2.45, 2.75) is 26.7 Å². The van der Waals surface area contributed by atoms with Gasteiger partial charge in [0, 0.05) is 12.2 Å². The lowest BCUT2D eigenvalue weighted by atomic mass is 10.0. The molecule has 0 unspecified atom stereocenters. The molecule has 0 saturated heterocycles. The Morgan fingerprint density at radius 2 is 1.58 bits per heavy atom. The Bertz CT molecular complexity index is 766. The lowest BCUT2D eigenvalue weighted by Crippen LogP contribution is -2.41. The van der Waals surface area contributed by atoms with Crippen molar-refractivity contribution in [3.63, 3.8) is 0 Å². The topological polar surface area (TPSA) is 67.4 Å². The first-order valence-corrected chi connectivity index (χ1v) is 8.92. The first-order valence-electron chi connectivity index (χ1n) is 8.92. The first-order chi connectivity index (χ1) is 12.5. The molecule has 1 fully saturated rings. The highest BCUT2D eigenvalue weighted by molar-refractivity contribution is 6.13. The number of ether oxygens (including phenoxy) is 1. The third kappa shape index (κ3) is 4.23. The number of rotatable bonds is 7. The molecule has 2 aromatic carbocycles.